The van der Waals surface area contributed by atoms with E-state index in [-0.39, 0.29) is 31.1 Å². The van der Waals surface area contributed by atoms with E-state index in [0.717, 1.165) is 33.0 Å². The number of Topliss-reactive ketones (excluding diaryl/α,β-unsaturated/α-hetero) is 1. The van der Waals surface area contributed by atoms with E-state index >= 15 is 0 Å². The Morgan fingerprint density at radius 3 is 2.27 bits per heavy atom. The number of aliphatic hydroxyl groups is 4. The van der Waals surface area contributed by atoms with E-state index in [9.17, 15) is 30.0 Å². The molecular weight excluding hydrogens is 562 g/mol. The van der Waals surface area contributed by atoms with Crippen LogP contribution in [0.5, 0.6) is 0 Å². The zero-order valence-corrected chi connectivity index (χ0v) is 24.1. The van der Waals surface area contributed by atoms with Gasteiger partial charge in [-0.3, -0.25) is 9.59 Å². The molecule has 3 aromatic rings. The number of carbonyl (C=O) groups excluding carboxylic acids is 2. The maximum atomic E-state index is 14.4. The van der Waals surface area contributed by atoms with E-state index in [1.54, 1.807) is 6.92 Å². The third kappa shape index (κ3) is 5.06. The number of fused-ring (bicyclic) bond motifs is 3. The zero-order chi connectivity index (χ0) is 31.0. The molecule has 1 heterocycles. The summed E-state index contributed by atoms with van der Waals surface area (Å²) in [7, 11) is 0. The van der Waals surface area contributed by atoms with Crippen molar-refractivity contribution in [2.45, 2.75) is 44.1 Å². The number of hydrogen-bond acceptors (Lipinski definition) is 8. The first-order valence-corrected chi connectivity index (χ1v) is 14.6. The lowest BCUT2D eigenvalue weighted by atomic mass is 9.95. The molecule has 3 aromatic carbocycles. The van der Waals surface area contributed by atoms with Crippen LogP contribution in [0.15, 0.2) is 72.3 Å². The molecule has 226 valence electrons. The molecule has 1 aliphatic heterocycles. The van der Waals surface area contributed by atoms with Crippen molar-refractivity contribution in [2.24, 2.45) is 0 Å². The summed E-state index contributed by atoms with van der Waals surface area (Å²) in [5.74, 6) is 4.99. The minimum absolute atomic E-state index is 0.0243. The number of hydrogen-bond donors (Lipinski definition) is 4. The van der Waals surface area contributed by atoms with Crippen LogP contribution in [0.1, 0.15) is 30.0 Å². The molecule has 0 saturated carbocycles. The van der Waals surface area contributed by atoms with Crippen LogP contribution >= 0.6 is 0 Å². The Labute approximate surface area is 254 Å². The van der Waals surface area contributed by atoms with Crippen molar-refractivity contribution in [3.05, 3.63) is 89.0 Å². The molecule has 2 aliphatic carbocycles. The Kier molecular flexibility index (Phi) is 8.47. The fourth-order valence-electron chi connectivity index (χ4n) is 6.26. The van der Waals surface area contributed by atoms with Gasteiger partial charge in [-0.05, 0) is 34.4 Å². The van der Waals surface area contributed by atoms with Crippen molar-refractivity contribution < 1.29 is 39.5 Å². The highest BCUT2D eigenvalue weighted by Crippen LogP contribution is 2.54. The van der Waals surface area contributed by atoms with Crippen LogP contribution in [0.25, 0.3) is 27.5 Å². The lowest BCUT2D eigenvalue weighted by Gasteiger charge is -2.39. The molecule has 9 nitrogen and oxygen atoms in total. The SMILES string of the molecule is CC#CCCN(CCOC1OC(CO)C(O)C(O)C1O)C(=O)C1=C2C(=C(c3ccccc3)C1=O)c1cccc3cccc2c13. The minimum Gasteiger partial charge on any atom is -0.394 e. The number of benzene rings is 3. The van der Waals surface area contributed by atoms with E-state index in [2.05, 4.69) is 11.8 Å². The Balaban J connectivity index is 1.34. The van der Waals surface area contributed by atoms with Gasteiger partial charge in [-0.25, -0.2) is 0 Å². The second kappa shape index (κ2) is 12.5. The topological polar surface area (TPSA) is 137 Å². The zero-order valence-electron chi connectivity index (χ0n) is 24.1. The third-order valence-electron chi connectivity index (χ3n) is 8.39. The first-order valence-electron chi connectivity index (χ1n) is 14.6. The Morgan fingerprint density at radius 1 is 0.886 bits per heavy atom. The van der Waals surface area contributed by atoms with E-state index in [4.69, 9.17) is 9.47 Å². The summed E-state index contributed by atoms with van der Waals surface area (Å²) in [4.78, 5) is 30.2. The van der Waals surface area contributed by atoms with Crippen molar-refractivity contribution in [1.29, 1.82) is 0 Å². The molecule has 0 bridgehead atoms. The van der Waals surface area contributed by atoms with Gasteiger partial charge in [-0.1, -0.05) is 66.7 Å². The molecule has 5 unspecified atom stereocenters. The number of amides is 1. The maximum Gasteiger partial charge on any atom is 0.258 e. The highest BCUT2D eigenvalue weighted by molar-refractivity contribution is 6.56. The predicted octanol–water partition coefficient (Wildman–Crippen LogP) is 2.16. The highest BCUT2D eigenvalue weighted by Gasteiger charge is 2.45. The number of ketones is 1. The summed E-state index contributed by atoms with van der Waals surface area (Å²) >= 11 is 0. The van der Waals surface area contributed by atoms with Crippen molar-refractivity contribution in [1.82, 2.24) is 4.90 Å². The second-order valence-corrected chi connectivity index (χ2v) is 10.9. The second-order valence-electron chi connectivity index (χ2n) is 10.9. The van der Waals surface area contributed by atoms with Gasteiger partial charge < -0.3 is 34.8 Å². The number of carbonyl (C=O) groups is 2. The molecule has 6 rings (SSSR count). The minimum atomic E-state index is -1.58. The van der Waals surface area contributed by atoms with Crippen LogP contribution in [-0.4, -0.2) is 94.0 Å². The Morgan fingerprint density at radius 2 is 1.59 bits per heavy atom. The first-order chi connectivity index (χ1) is 21.4. The van der Waals surface area contributed by atoms with Gasteiger partial charge in [0.2, 0.25) is 0 Å². The highest BCUT2D eigenvalue weighted by atomic mass is 16.7. The number of ether oxygens (including phenoxy) is 2. The number of nitrogens with zero attached hydrogens (tertiary/aromatic N) is 1. The smallest absolute Gasteiger partial charge is 0.258 e. The van der Waals surface area contributed by atoms with Crippen molar-refractivity contribution in [3.8, 4) is 11.8 Å². The quantitative estimate of drug-likeness (QED) is 0.218. The molecule has 5 atom stereocenters. The lowest BCUT2D eigenvalue weighted by molar-refractivity contribution is -0.301. The van der Waals surface area contributed by atoms with Crippen LogP contribution in [0, 0.1) is 11.8 Å². The summed E-state index contributed by atoms with van der Waals surface area (Å²) in [5.41, 5.74) is 4.42. The number of rotatable bonds is 9. The van der Waals surface area contributed by atoms with Gasteiger partial charge in [0.1, 0.15) is 24.4 Å². The summed E-state index contributed by atoms with van der Waals surface area (Å²) in [6.45, 7) is 1.24. The summed E-state index contributed by atoms with van der Waals surface area (Å²) in [6, 6.07) is 21.2. The molecule has 3 aliphatic rings. The van der Waals surface area contributed by atoms with E-state index in [1.165, 1.54) is 4.90 Å². The van der Waals surface area contributed by atoms with Crippen molar-refractivity contribution >= 4 is 39.2 Å². The average Bonchev–Trinajstić information content (AvgIpc) is 3.52. The van der Waals surface area contributed by atoms with Crippen LogP contribution in [0.3, 0.4) is 0 Å². The normalized spacial score (nSPS) is 24.0. The fraction of sp³-hybridized carbons (Fsp3) is 0.314. The van der Waals surface area contributed by atoms with E-state index in [1.807, 2.05) is 66.7 Å². The van der Waals surface area contributed by atoms with Crippen LogP contribution < -0.4 is 0 Å². The Bertz CT molecular complexity index is 1730. The average molecular weight is 596 g/mol. The van der Waals surface area contributed by atoms with Crippen LogP contribution in [0.2, 0.25) is 0 Å². The molecule has 44 heavy (non-hydrogen) atoms. The largest absolute Gasteiger partial charge is 0.394 e. The van der Waals surface area contributed by atoms with E-state index < -0.39 is 43.2 Å². The molecule has 0 aromatic heterocycles. The molecule has 4 N–H and O–H groups in total. The van der Waals surface area contributed by atoms with Gasteiger partial charge in [0.15, 0.2) is 12.1 Å². The molecule has 1 saturated heterocycles. The third-order valence-corrected chi connectivity index (χ3v) is 8.39. The standard InChI is InChI=1S/C35H33NO8/c1-2-3-7-16-36(17-18-43-35-33(41)32(40)30(38)24(19-37)44-35)34(42)29-28-23-15-9-13-20-12-8-14-22(25(20)23)27(28)26(31(29)39)21-10-5-4-6-11-21/h4-6,8-15,24,30,32-33,35,37-38,40-41H,7,16-19H2,1H3. The predicted molar refractivity (Wildman–Crippen MR) is 163 cm³/mol. The number of aliphatic hydroxyl groups excluding tert-OH is 4. The van der Waals surface area contributed by atoms with Crippen molar-refractivity contribution in [2.75, 3.05) is 26.3 Å². The summed E-state index contributed by atoms with van der Waals surface area (Å²) in [6.07, 6.45) is -6.76. The first kappa shape index (κ1) is 29.9. The molecule has 1 fully saturated rings. The Hall–Kier alpha value is -4.14. The van der Waals surface area contributed by atoms with Gasteiger partial charge in [0.25, 0.3) is 5.91 Å². The molecule has 0 spiro atoms. The van der Waals surface area contributed by atoms with Crippen LogP contribution in [0.4, 0.5) is 0 Å². The number of allylic oxidation sites excluding steroid dienone is 3. The van der Waals surface area contributed by atoms with Crippen LogP contribution in [-0.2, 0) is 19.1 Å². The summed E-state index contributed by atoms with van der Waals surface area (Å²) in [5, 5.41) is 42.1. The van der Waals surface area contributed by atoms with Gasteiger partial charge in [-0.2, -0.15) is 0 Å². The summed E-state index contributed by atoms with van der Waals surface area (Å²) < 4.78 is 11.1. The molecule has 9 heteroatoms. The maximum absolute atomic E-state index is 14.4. The van der Waals surface area contributed by atoms with Crippen molar-refractivity contribution in [3.63, 3.8) is 0 Å². The monoisotopic (exact) mass is 595 g/mol. The van der Waals surface area contributed by atoms with E-state index in [0.29, 0.717) is 17.6 Å². The van der Waals surface area contributed by atoms with Gasteiger partial charge in [0, 0.05) is 36.2 Å². The fourth-order valence-corrected chi connectivity index (χ4v) is 6.26. The van der Waals surface area contributed by atoms with Gasteiger partial charge >= 0.3 is 0 Å². The lowest BCUT2D eigenvalue weighted by Crippen LogP contribution is -2.59. The molecule has 0 radical (unpaired) electrons. The molecule has 1 amide bonds. The van der Waals surface area contributed by atoms with Gasteiger partial charge in [-0.15, -0.1) is 11.8 Å². The van der Waals surface area contributed by atoms with Gasteiger partial charge in [0.05, 0.1) is 18.8 Å². The molecular formula is C35H33NO8.